The number of hydrogen-bond acceptors (Lipinski definition) is 4. The number of amides is 1. The van der Waals surface area contributed by atoms with Crippen molar-refractivity contribution in [3.05, 3.63) is 83.9 Å². The zero-order valence-electron chi connectivity index (χ0n) is 18.8. The summed E-state index contributed by atoms with van der Waals surface area (Å²) in [5.74, 6) is 1.56. The molecule has 1 heterocycles. The number of piperazine rings is 1. The smallest absolute Gasteiger partial charge is 0.253 e. The van der Waals surface area contributed by atoms with E-state index in [1.165, 1.54) is 5.56 Å². The maximum Gasteiger partial charge on any atom is 0.253 e. The Morgan fingerprint density at radius 1 is 0.875 bits per heavy atom. The number of hydrogen-bond donors (Lipinski definition) is 0. The van der Waals surface area contributed by atoms with Crippen molar-refractivity contribution in [2.24, 2.45) is 0 Å². The zero-order chi connectivity index (χ0) is 22.3. The van der Waals surface area contributed by atoms with Crippen molar-refractivity contribution in [3.8, 4) is 22.6 Å². The van der Waals surface area contributed by atoms with Gasteiger partial charge in [-0.25, -0.2) is 0 Å². The van der Waals surface area contributed by atoms with Crippen LogP contribution in [0, 0.1) is 0 Å². The van der Waals surface area contributed by atoms with Crippen LogP contribution in [0.5, 0.6) is 11.5 Å². The van der Waals surface area contributed by atoms with E-state index >= 15 is 0 Å². The van der Waals surface area contributed by atoms with Gasteiger partial charge in [-0.3, -0.25) is 4.79 Å². The fourth-order valence-corrected chi connectivity index (χ4v) is 4.01. The van der Waals surface area contributed by atoms with Crippen LogP contribution in [0.1, 0.15) is 22.8 Å². The van der Waals surface area contributed by atoms with E-state index in [1.54, 1.807) is 7.11 Å². The molecule has 1 aliphatic rings. The standard InChI is InChI=1S/C27H30N2O3/c1-3-28-15-17-29(18-16-28)27(30)23-11-14-26(31-2)24(19-23)20-32-25-12-9-22(10-13-25)21-7-5-4-6-8-21/h4-14,19H,3,15-18,20H2,1-2H3. The maximum absolute atomic E-state index is 13.0. The Morgan fingerprint density at radius 3 is 2.22 bits per heavy atom. The highest BCUT2D eigenvalue weighted by Crippen LogP contribution is 2.25. The molecule has 0 aliphatic carbocycles. The molecule has 0 radical (unpaired) electrons. The van der Waals surface area contributed by atoms with E-state index < -0.39 is 0 Å². The van der Waals surface area contributed by atoms with E-state index in [-0.39, 0.29) is 5.91 Å². The molecule has 0 aromatic heterocycles. The van der Waals surface area contributed by atoms with Gasteiger partial charge in [0.25, 0.3) is 5.91 Å². The van der Waals surface area contributed by atoms with Gasteiger partial charge in [0.1, 0.15) is 18.1 Å². The summed E-state index contributed by atoms with van der Waals surface area (Å²) < 4.78 is 11.5. The molecule has 1 amide bonds. The van der Waals surface area contributed by atoms with Crippen LogP contribution in [-0.4, -0.2) is 55.5 Å². The second kappa shape index (κ2) is 10.3. The Bertz CT molecular complexity index is 1030. The van der Waals surface area contributed by atoms with Crippen LogP contribution >= 0.6 is 0 Å². The van der Waals surface area contributed by atoms with Crippen molar-refractivity contribution in [2.75, 3.05) is 39.8 Å². The Hall–Kier alpha value is -3.31. The quantitative estimate of drug-likeness (QED) is 0.544. The van der Waals surface area contributed by atoms with Gasteiger partial charge in [-0.15, -0.1) is 0 Å². The fraction of sp³-hybridized carbons (Fsp3) is 0.296. The third kappa shape index (κ3) is 5.11. The number of likely N-dealkylation sites (N-methyl/N-ethyl adjacent to an activating group) is 1. The summed E-state index contributed by atoms with van der Waals surface area (Å²) in [4.78, 5) is 17.3. The topological polar surface area (TPSA) is 42.0 Å². The zero-order valence-corrected chi connectivity index (χ0v) is 18.8. The van der Waals surface area contributed by atoms with Crippen LogP contribution in [0.2, 0.25) is 0 Å². The second-order valence-corrected chi connectivity index (χ2v) is 7.93. The highest BCUT2D eigenvalue weighted by atomic mass is 16.5. The van der Waals surface area contributed by atoms with Gasteiger partial charge in [-0.2, -0.15) is 0 Å². The van der Waals surface area contributed by atoms with E-state index in [4.69, 9.17) is 9.47 Å². The highest BCUT2D eigenvalue weighted by molar-refractivity contribution is 5.94. The summed E-state index contributed by atoms with van der Waals surface area (Å²) in [6.07, 6.45) is 0. The Labute approximate surface area is 190 Å². The molecular formula is C27H30N2O3. The number of carbonyl (C=O) groups excluding carboxylic acids is 1. The van der Waals surface area contributed by atoms with Crippen LogP contribution in [0.4, 0.5) is 0 Å². The molecule has 0 bridgehead atoms. The number of methoxy groups -OCH3 is 1. The summed E-state index contributed by atoms with van der Waals surface area (Å²) in [5, 5.41) is 0. The molecular weight excluding hydrogens is 400 g/mol. The fourth-order valence-electron chi connectivity index (χ4n) is 4.01. The van der Waals surface area contributed by atoms with Gasteiger partial charge in [0.15, 0.2) is 0 Å². The first-order valence-electron chi connectivity index (χ1n) is 11.1. The first-order chi connectivity index (χ1) is 15.7. The van der Waals surface area contributed by atoms with E-state index in [1.807, 2.05) is 53.4 Å². The average Bonchev–Trinajstić information content (AvgIpc) is 2.87. The number of rotatable bonds is 7. The summed E-state index contributed by atoms with van der Waals surface area (Å²) >= 11 is 0. The minimum absolute atomic E-state index is 0.0665. The normalized spacial score (nSPS) is 14.2. The van der Waals surface area contributed by atoms with Crippen molar-refractivity contribution in [1.82, 2.24) is 9.80 Å². The van der Waals surface area contributed by atoms with Crippen LogP contribution in [0.25, 0.3) is 11.1 Å². The lowest BCUT2D eigenvalue weighted by Gasteiger charge is -2.34. The number of carbonyl (C=O) groups is 1. The minimum atomic E-state index is 0.0665. The van der Waals surface area contributed by atoms with Gasteiger partial charge >= 0.3 is 0 Å². The van der Waals surface area contributed by atoms with Crippen LogP contribution in [-0.2, 0) is 6.61 Å². The molecule has 3 aromatic carbocycles. The van der Waals surface area contributed by atoms with Gasteiger partial charge in [0, 0.05) is 37.3 Å². The van der Waals surface area contributed by atoms with Crippen LogP contribution < -0.4 is 9.47 Å². The molecule has 1 saturated heterocycles. The molecule has 166 valence electrons. The lowest BCUT2D eigenvalue weighted by Crippen LogP contribution is -2.48. The monoisotopic (exact) mass is 430 g/mol. The first-order valence-corrected chi connectivity index (χ1v) is 11.1. The number of ether oxygens (including phenoxy) is 2. The predicted octanol–water partition coefficient (Wildman–Crippen LogP) is 4.72. The Kier molecular flexibility index (Phi) is 7.07. The van der Waals surface area contributed by atoms with Crippen molar-refractivity contribution in [2.45, 2.75) is 13.5 Å². The third-order valence-electron chi connectivity index (χ3n) is 5.99. The van der Waals surface area contributed by atoms with Crippen molar-refractivity contribution in [1.29, 1.82) is 0 Å². The van der Waals surface area contributed by atoms with Gasteiger partial charge in [0.2, 0.25) is 0 Å². The van der Waals surface area contributed by atoms with Gasteiger partial charge in [-0.1, -0.05) is 49.4 Å². The van der Waals surface area contributed by atoms with Crippen LogP contribution in [0.15, 0.2) is 72.8 Å². The molecule has 0 unspecified atom stereocenters. The lowest BCUT2D eigenvalue weighted by atomic mass is 10.1. The number of nitrogens with zero attached hydrogens (tertiary/aromatic N) is 2. The molecule has 5 nitrogen and oxygen atoms in total. The lowest BCUT2D eigenvalue weighted by molar-refractivity contribution is 0.0643. The van der Waals surface area contributed by atoms with Gasteiger partial charge < -0.3 is 19.3 Å². The predicted molar refractivity (Wildman–Crippen MR) is 127 cm³/mol. The summed E-state index contributed by atoms with van der Waals surface area (Å²) in [5.41, 5.74) is 3.85. The molecule has 5 heteroatoms. The average molecular weight is 431 g/mol. The highest BCUT2D eigenvalue weighted by Gasteiger charge is 2.22. The van der Waals surface area contributed by atoms with E-state index in [0.29, 0.717) is 12.2 Å². The van der Waals surface area contributed by atoms with E-state index in [9.17, 15) is 4.79 Å². The Balaban J connectivity index is 1.43. The molecule has 1 fully saturated rings. The third-order valence-corrected chi connectivity index (χ3v) is 5.99. The van der Waals surface area contributed by atoms with Crippen molar-refractivity contribution >= 4 is 5.91 Å². The van der Waals surface area contributed by atoms with Crippen molar-refractivity contribution < 1.29 is 14.3 Å². The molecule has 3 aromatic rings. The molecule has 0 spiro atoms. The summed E-state index contributed by atoms with van der Waals surface area (Å²) in [6.45, 7) is 6.89. The molecule has 4 rings (SSSR count). The summed E-state index contributed by atoms with van der Waals surface area (Å²) in [6, 6.07) is 23.9. The molecule has 0 saturated carbocycles. The number of benzene rings is 3. The molecule has 0 atom stereocenters. The van der Waals surface area contributed by atoms with Crippen molar-refractivity contribution in [3.63, 3.8) is 0 Å². The minimum Gasteiger partial charge on any atom is -0.496 e. The van der Waals surface area contributed by atoms with E-state index in [2.05, 4.69) is 36.1 Å². The molecule has 32 heavy (non-hydrogen) atoms. The Morgan fingerprint density at radius 2 is 1.56 bits per heavy atom. The SMILES string of the molecule is CCN1CCN(C(=O)c2ccc(OC)c(COc3ccc(-c4ccccc4)cc3)c2)CC1. The molecule has 0 N–H and O–H groups in total. The maximum atomic E-state index is 13.0. The van der Waals surface area contributed by atoms with E-state index in [0.717, 1.165) is 55.3 Å². The van der Waals surface area contributed by atoms with Gasteiger partial charge in [0.05, 0.1) is 7.11 Å². The summed E-state index contributed by atoms with van der Waals surface area (Å²) in [7, 11) is 1.64. The first kappa shape index (κ1) is 21.9. The largest absolute Gasteiger partial charge is 0.496 e. The van der Waals surface area contributed by atoms with Gasteiger partial charge in [-0.05, 0) is 48.0 Å². The van der Waals surface area contributed by atoms with Crippen LogP contribution in [0.3, 0.4) is 0 Å². The second-order valence-electron chi connectivity index (χ2n) is 7.93. The molecule has 1 aliphatic heterocycles.